The fourth-order valence-electron chi connectivity index (χ4n) is 2.30. The molecule has 1 aromatic carbocycles. The molecule has 1 aromatic rings. The highest BCUT2D eigenvalue weighted by molar-refractivity contribution is 9.10. The van der Waals surface area contributed by atoms with E-state index in [9.17, 15) is 4.79 Å². The molecule has 112 valence electrons. The molecule has 1 saturated heterocycles. The molecule has 0 saturated carbocycles. The monoisotopic (exact) mass is 360 g/mol. The van der Waals surface area contributed by atoms with Gasteiger partial charge in [-0.1, -0.05) is 22.9 Å². The third-order valence-electron chi connectivity index (χ3n) is 3.66. The second kappa shape index (κ2) is 8.65. The van der Waals surface area contributed by atoms with Gasteiger partial charge >= 0.3 is 0 Å². The molecule has 1 aliphatic heterocycles. The van der Waals surface area contributed by atoms with Gasteiger partial charge in [0.05, 0.1) is 0 Å². The number of benzene rings is 1. The molecule has 1 heterocycles. The molecule has 3 nitrogen and oxygen atoms in total. The molecule has 1 N–H and O–H groups in total. The van der Waals surface area contributed by atoms with Crippen molar-refractivity contribution in [2.24, 2.45) is 5.92 Å². The average molecular weight is 362 g/mol. The van der Waals surface area contributed by atoms with E-state index in [0.717, 1.165) is 35.7 Å². The molecule has 0 radical (unpaired) electrons. The van der Waals surface area contributed by atoms with Crippen molar-refractivity contribution in [1.29, 1.82) is 0 Å². The van der Waals surface area contributed by atoms with Crippen LogP contribution >= 0.6 is 28.3 Å². The van der Waals surface area contributed by atoms with Crippen molar-refractivity contribution in [3.63, 3.8) is 0 Å². The second-order valence-electron chi connectivity index (χ2n) is 5.33. The maximum atomic E-state index is 11.9. The van der Waals surface area contributed by atoms with E-state index >= 15 is 0 Å². The van der Waals surface area contributed by atoms with E-state index in [0.29, 0.717) is 6.42 Å². The molecule has 0 unspecified atom stereocenters. The Balaban J connectivity index is 0.00000200. The Morgan fingerprint density at radius 3 is 2.50 bits per heavy atom. The summed E-state index contributed by atoms with van der Waals surface area (Å²) in [6, 6.07) is 7.68. The number of halogens is 2. The number of nitrogens with one attached hydrogen (secondary N) is 1. The predicted molar refractivity (Wildman–Crippen MR) is 89.5 cm³/mol. The van der Waals surface area contributed by atoms with Crippen LogP contribution in [0.2, 0.25) is 0 Å². The van der Waals surface area contributed by atoms with Crippen LogP contribution in [0.5, 0.6) is 0 Å². The number of nitrogens with zero attached hydrogens (tertiary/aromatic N) is 1. The summed E-state index contributed by atoms with van der Waals surface area (Å²) in [5.74, 6) is 0.939. The second-order valence-corrected chi connectivity index (χ2v) is 6.24. The van der Waals surface area contributed by atoms with Gasteiger partial charge in [-0.2, -0.15) is 0 Å². The van der Waals surface area contributed by atoms with E-state index in [1.54, 1.807) is 0 Å². The maximum absolute atomic E-state index is 11.9. The van der Waals surface area contributed by atoms with Crippen LogP contribution in [0, 0.1) is 5.92 Å². The van der Waals surface area contributed by atoms with Crippen LogP contribution in [-0.4, -0.2) is 30.4 Å². The van der Waals surface area contributed by atoms with Crippen molar-refractivity contribution in [2.45, 2.75) is 26.2 Å². The van der Waals surface area contributed by atoms with E-state index in [2.05, 4.69) is 33.1 Å². The minimum atomic E-state index is 0. The maximum Gasteiger partial charge on any atom is 0.225 e. The molecule has 20 heavy (non-hydrogen) atoms. The molecular formula is C15H22BrClN2O. The number of amides is 1. The highest BCUT2D eigenvalue weighted by Gasteiger charge is 2.16. The molecule has 1 aliphatic rings. The zero-order chi connectivity index (χ0) is 13.7. The zero-order valence-corrected chi connectivity index (χ0v) is 14.2. The molecule has 0 spiro atoms. The fraction of sp³-hybridized carbons (Fsp3) is 0.533. The first-order valence-corrected chi connectivity index (χ1v) is 7.70. The average Bonchev–Trinajstić information content (AvgIpc) is 2.41. The number of piperidine rings is 1. The lowest BCUT2D eigenvalue weighted by Gasteiger charge is -2.29. The number of hydrogen-bond acceptors (Lipinski definition) is 2. The van der Waals surface area contributed by atoms with Gasteiger partial charge in [0.15, 0.2) is 0 Å². The van der Waals surface area contributed by atoms with Gasteiger partial charge in [0.2, 0.25) is 5.91 Å². The fourth-order valence-corrected chi connectivity index (χ4v) is 2.57. The normalized spacial score (nSPS) is 16.5. The third-order valence-corrected chi connectivity index (χ3v) is 4.19. The molecule has 0 bridgehead atoms. The summed E-state index contributed by atoms with van der Waals surface area (Å²) in [4.78, 5) is 14.2. The van der Waals surface area contributed by atoms with Crippen molar-refractivity contribution < 1.29 is 4.79 Å². The van der Waals surface area contributed by atoms with Crippen LogP contribution < -0.4 is 5.32 Å². The van der Waals surface area contributed by atoms with Gasteiger partial charge in [0.1, 0.15) is 0 Å². The summed E-state index contributed by atoms with van der Waals surface area (Å²) in [6.07, 6.45) is 3.09. The van der Waals surface area contributed by atoms with Crippen molar-refractivity contribution in [2.75, 3.05) is 25.0 Å². The molecule has 0 atom stereocenters. The van der Waals surface area contributed by atoms with E-state index in [4.69, 9.17) is 0 Å². The summed E-state index contributed by atoms with van der Waals surface area (Å²) < 4.78 is 1.02. The molecular weight excluding hydrogens is 340 g/mol. The van der Waals surface area contributed by atoms with Gasteiger partial charge < -0.3 is 10.2 Å². The van der Waals surface area contributed by atoms with E-state index in [1.807, 2.05) is 24.3 Å². The molecule has 5 heteroatoms. The number of carbonyl (C=O) groups excluding carboxylic acids is 1. The standard InChI is InChI=1S/C15H21BrN2O.ClH/c1-12-6-9-18(10-7-12)11-8-15(19)17-14-4-2-13(16)3-5-14;/h2-5,12H,6-11H2,1H3,(H,17,19);1H. The van der Waals surface area contributed by atoms with Gasteiger partial charge in [0, 0.05) is 23.1 Å². The first kappa shape index (κ1) is 17.5. The largest absolute Gasteiger partial charge is 0.326 e. The van der Waals surface area contributed by atoms with Crippen LogP contribution in [0.15, 0.2) is 28.7 Å². The van der Waals surface area contributed by atoms with E-state index in [-0.39, 0.29) is 18.3 Å². The van der Waals surface area contributed by atoms with Gasteiger partial charge in [0.25, 0.3) is 0 Å². The lowest BCUT2D eigenvalue weighted by Crippen LogP contribution is -2.35. The summed E-state index contributed by atoms with van der Waals surface area (Å²) in [6.45, 7) is 5.44. The lowest BCUT2D eigenvalue weighted by atomic mass is 9.99. The summed E-state index contributed by atoms with van der Waals surface area (Å²) >= 11 is 3.38. The van der Waals surface area contributed by atoms with Gasteiger partial charge in [-0.15, -0.1) is 12.4 Å². The molecule has 1 amide bonds. The van der Waals surface area contributed by atoms with Gasteiger partial charge in [-0.05, 0) is 56.1 Å². The summed E-state index contributed by atoms with van der Waals surface area (Å²) in [7, 11) is 0. The van der Waals surface area contributed by atoms with Crippen molar-refractivity contribution in [3.05, 3.63) is 28.7 Å². The van der Waals surface area contributed by atoms with Crippen molar-refractivity contribution >= 4 is 39.9 Å². The van der Waals surface area contributed by atoms with E-state index < -0.39 is 0 Å². The summed E-state index contributed by atoms with van der Waals surface area (Å²) in [5, 5.41) is 2.93. The number of likely N-dealkylation sites (tertiary alicyclic amines) is 1. The van der Waals surface area contributed by atoms with Crippen LogP contribution in [0.1, 0.15) is 26.2 Å². The Hall–Kier alpha value is -0.580. The highest BCUT2D eigenvalue weighted by Crippen LogP contribution is 2.17. The van der Waals surface area contributed by atoms with Gasteiger partial charge in [-0.3, -0.25) is 4.79 Å². The Bertz CT molecular complexity index is 416. The van der Waals surface area contributed by atoms with Gasteiger partial charge in [-0.25, -0.2) is 0 Å². The third kappa shape index (κ3) is 5.81. The first-order chi connectivity index (χ1) is 9.13. The number of rotatable bonds is 4. The highest BCUT2D eigenvalue weighted by atomic mass is 79.9. The van der Waals surface area contributed by atoms with Crippen LogP contribution in [0.3, 0.4) is 0 Å². The number of anilines is 1. The van der Waals surface area contributed by atoms with E-state index in [1.165, 1.54) is 12.8 Å². The first-order valence-electron chi connectivity index (χ1n) is 6.91. The Morgan fingerprint density at radius 1 is 1.30 bits per heavy atom. The molecule has 1 fully saturated rings. The quantitative estimate of drug-likeness (QED) is 0.881. The van der Waals surface area contributed by atoms with Crippen molar-refractivity contribution in [1.82, 2.24) is 4.90 Å². The number of carbonyl (C=O) groups is 1. The Morgan fingerprint density at radius 2 is 1.90 bits per heavy atom. The predicted octanol–water partition coefficient (Wildman–Crippen LogP) is 3.93. The molecule has 0 aromatic heterocycles. The smallest absolute Gasteiger partial charge is 0.225 e. The Kier molecular flexibility index (Phi) is 7.56. The lowest BCUT2D eigenvalue weighted by molar-refractivity contribution is -0.116. The molecule has 0 aliphatic carbocycles. The van der Waals surface area contributed by atoms with Crippen LogP contribution in [-0.2, 0) is 4.79 Å². The minimum Gasteiger partial charge on any atom is -0.326 e. The number of hydrogen-bond donors (Lipinski definition) is 1. The molecule has 2 rings (SSSR count). The van der Waals surface area contributed by atoms with Crippen LogP contribution in [0.25, 0.3) is 0 Å². The Labute approximate surface area is 135 Å². The SMILES string of the molecule is CC1CCN(CCC(=O)Nc2ccc(Br)cc2)CC1.Cl. The topological polar surface area (TPSA) is 32.3 Å². The van der Waals surface area contributed by atoms with Crippen LogP contribution in [0.4, 0.5) is 5.69 Å². The minimum absolute atomic E-state index is 0. The van der Waals surface area contributed by atoms with Crippen molar-refractivity contribution in [3.8, 4) is 0 Å². The summed E-state index contributed by atoms with van der Waals surface area (Å²) in [5.41, 5.74) is 0.862. The zero-order valence-electron chi connectivity index (χ0n) is 11.8.